The van der Waals surface area contributed by atoms with Crippen LogP contribution in [0.4, 0.5) is 5.69 Å². The van der Waals surface area contributed by atoms with Crippen molar-refractivity contribution in [2.75, 3.05) is 18.5 Å². The quantitative estimate of drug-likeness (QED) is 0.895. The zero-order chi connectivity index (χ0) is 17.3. The number of hydrogen-bond acceptors (Lipinski definition) is 4. The second-order valence-electron chi connectivity index (χ2n) is 6.58. The van der Waals surface area contributed by atoms with Gasteiger partial charge >= 0.3 is 0 Å². The van der Waals surface area contributed by atoms with Crippen LogP contribution in [0, 0.1) is 0 Å². The first-order valence-electron chi connectivity index (χ1n) is 8.48. The Kier molecular flexibility index (Phi) is 4.94. The Hall–Kier alpha value is -1.44. The minimum absolute atomic E-state index is 0.0769. The van der Waals surface area contributed by atoms with Gasteiger partial charge in [0.1, 0.15) is 0 Å². The van der Waals surface area contributed by atoms with Crippen molar-refractivity contribution in [3.05, 3.63) is 24.3 Å². The summed E-state index contributed by atoms with van der Waals surface area (Å²) in [5.41, 5.74) is 0.733. The molecular weight excluding hydrogens is 328 g/mol. The monoisotopic (exact) mass is 352 g/mol. The van der Waals surface area contributed by atoms with Crippen molar-refractivity contribution in [2.45, 2.75) is 55.6 Å². The summed E-state index contributed by atoms with van der Waals surface area (Å²) in [6.45, 7) is 0.680. The molecule has 0 bridgehead atoms. The van der Waals surface area contributed by atoms with Crippen LogP contribution >= 0.6 is 0 Å². The van der Waals surface area contributed by atoms with E-state index in [0.29, 0.717) is 25.8 Å². The van der Waals surface area contributed by atoms with Crippen molar-refractivity contribution in [1.29, 1.82) is 0 Å². The summed E-state index contributed by atoms with van der Waals surface area (Å²) in [6.07, 6.45) is 3.95. The van der Waals surface area contributed by atoms with Crippen molar-refractivity contribution in [2.24, 2.45) is 0 Å². The van der Waals surface area contributed by atoms with Crippen LogP contribution in [0.1, 0.15) is 38.5 Å². The molecule has 132 valence electrons. The number of carbonyl (C=O) groups is 1. The molecule has 1 N–H and O–H groups in total. The summed E-state index contributed by atoms with van der Waals surface area (Å²) < 4.78 is 26.9. The summed E-state index contributed by atoms with van der Waals surface area (Å²) in [6, 6.07) is 6.08. The Labute approximate surface area is 143 Å². The van der Waals surface area contributed by atoms with Gasteiger partial charge in [0, 0.05) is 25.7 Å². The van der Waals surface area contributed by atoms with Crippen LogP contribution in [-0.4, -0.2) is 49.5 Å². The van der Waals surface area contributed by atoms with Gasteiger partial charge in [-0.15, -0.1) is 0 Å². The summed E-state index contributed by atoms with van der Waals surface area (Å²) in [7, 11) is -2.12. The maximum absolute atomic E-state index is 12.8. The highest BCUT2D eigenvalue weighted by Crippen LogP contribution is 2.28. The number of anilines is 1. The van der Waals surface area contributed by atoms with Crippen molar-refractivity contribution in [1.82, 2.24) is 4.31 Å². The van der Waals surface area contributed by atoms with Gasteiger partial charge < -0.3 is 10.0 Å². The van der Waals surface area contributed by atoms with Crippen molar-refractivity contribution >= 4 is 21.6 Å². The van der Waals surface area contributed by atoms with E-state index in [0.717, 1.165) is 24.9 Å². The molecule has 1 aromatic carbocycles. The predicted molar refractivity (Wildman–Crippen MR) is 91.2 cm³/mol. The topological polar surface area (TPSA) is 77.9 Å². The Bertz CT molecular complexity index is 702. The van der Waals surface area contributed by atoms with Crippen LogP contribution in [0.25, 0.3) is 0 Å². The molecule has 2 atom stereocenters. The molecule has 7 heteroatoms. The van der Waals surface area contributed by atoms with Gasteiger partial charge in [0.25, 0.3) is 0 Å². The summed E-state index contributed by atoms with van der Waals surface area (Å²) in [5.74, 6) is 0.0769. The standard InChI is InChI=1S/C17H24N2O4S/c1-18(15-5-2-3-6-16(15)20)24(22,23)14-10-8-13(9-11-14)19-12-4-7-17(19)21/h8-11,15-16,20H,2-7,12H2,1H3. The van der Waals surface area contributed by atoms with Crippen LogP contribution < -0.4 is 4.90 Å². The molecule has 2 fully saturated rings. The third-order valence-corrected chi connectivity index (χ3v) is 6.96. The van der Waals surface area contributed by atoms with Gasteiger partial charge in [-0.2, -0.15) is 4.31 Å². The molecule has 1 saturated heterocycles. The molecule has 1 aliphatic heterocycles. The molecule has 1 saturated carbocycles. The Morgan fingerprint density at radius 3 is 2.38 bits per heavy atom. The number of rotatable bonds is 4. The Balaban J connectivity index is 1.80. The van der Waals surface area contributed by atoms with E-state index in [-0.39, 0.29) is 16.8 Å². The fourth-order valence-corrected chi connectivity index (χ4v) is 4.99. The third kappa shape index (κ3) is 3.20. The smallest absolute Gasteiger partial charge is 0.243 e. The molecule has 3 rings (SSSR count). The molecule has 2 aliphatic rings. The number of sulfonamides is 1. The Morgan fingerprint density at radius 2 is 1.79 bits per heavy atom. The van der Waals surface area contributed by atoms with Gasteiger partial charge in [0.15, 0.2) is 0 Å². The second-order valence-corrected chi connectivity index (χ2v) is 8.58. The highest BCUT2D eigenvalue weighted by atomic mass is 32.2. The molecule has 1 aliphatic carbocycles. The predicted octanol–water partition coefficient (Wildman–Crippen LogP) is 1.74. The SMILES string of the molecule is CN(C1CCCCC1O)S(=O)(=O)c1ccc(N2CCCC2=O)cc1. The molecule has 1 heterocycles. The van der Waals surface area contributed by atoms with Gasteiger partial charge in [0.05, 0.1) is 17.0 Å². The molecule has 0 aromatic heterocycles. The molecule has 24 heavy (non-hydrogen) atoms. The molecule has 2 unspecified atom stereocenters. The fraction of sp³-hybridized carbons (Fsp3) is 0.588. The van der Waals surface area contributed by atoms with E-state index in [1.54, 1.807) is 29.2 Å². The normalized spacial score (nSPS) is 25.5. The van der Waals surface area contributed by atoms with Crippen LogP contribution in [0.3, 0.4) is 0 Å². The average molecular weight is 352 g/mol. The minimum Gasteiger partial charge on any atom is -0.391 e. The van der Waals surface area contributed by atoms with Crippen molar-refractivity contribution in [3.8, 4) is 0 Å². The van der Waals surface area contributed by atoms with E-state index in [1.165, 1.54) is 11.4 Å². The maximum Gasteiger partial charge on any atom is 0.243 e. The minimum atomic E-state index is -3.66. The van der Waals surface area contributed by atoms with Gasteiger partial charge in [-0.25, -0.2) is 8.42 Å². The summed E-state index contributed by atoms with van der Waals surface area (Å²) >= 11 is 0. The van der Waals surface area contributed by atoms with Crippen molar-refractivity contribution in [3.63, 3.8) is 0 Å². The molecule has 1 aromatic rings. The highest BCUT2D eigenvalue weighted by molar-refractivity contribution is 7.89. The molecule has 0 spiro atoms. The van der Waals surface area contributed by atoms with Crippen molar-refractivity contribution < 1.29 is 18.3 Å². The number of amides is 1. The van der Waals surface area contributed by atoms with E-state index in [9.17, 15) is 18.3 Å². The number of likely N-dealkylation sites (N-methyl/N-ethyl adjacent to an activating group) is 1. The number of carbonyl (C=O) groups excluding carboxylic acids is 1. The number of nitrogens with zero attached hydrogens (tertiary/aromatic N) is 2. The zero-order valence-corrected chi connectivity index (χ0v) is 14.7. The molecule has 0 radical (unpaired) electrons. The molecule has 6 nitrogen and oxygen atoms in total. The van der Waals surface area contributed by atoms with Crippen LogP contribution in [0.5, 0.6) is 0 Å². The van der Waals surface area contributed by atoms with Gasteiger partial charge in [-0.05, 0) is 43.5 Å². The lowest BCUT2D eigenvalue weighted by Crippen LogP contribution is -2.46. The zero-order valence-electron chi connectivity index (χ0n) is 13.9. The fourth-order valence-electron chi connectivity index (χ4n) is 3.58. The first kappa shape index (κ1) is 17.4. The largest absolute Gasteiger partial charge is 0.391 e. The first-order chi connectivity index (χ1) is 11.4. The highest BCUT2D eigenvalue weighted by Gasteiger charge is 2.34. The van der Waals surface area contributed by atoms with Crippen LogP contribution in [0.15, 0.2) is 29.2 Å². The molecular formula is C17H24N2O4S. The molecule has 1 amide bonds. The van der Waals surface area contributed by atoms with E-state index in [1.807, 2.05) is 0 Å². The lowest BCUT2D eigenvalue weighted by Gasteiger charge is -2.34. The average Bonchev–Trinajstić information content (AvgIpc) is 3.01. The Morgan fingerprint density at radius 1 is 1.12 bits per heavy atom. The van der Waals surface area contributed by atoms with Crippen LogP contribution in [0.2, 0.25) is 0 Å². The maximum atomic E-state index is 12.8. The van der Waals surface area contributed by atoms with Gasteiger partial charge in [-0.3, -0.25) is 4.79 Å². The lowest BCUT2D eigenvalue weighted by molar-refractivity contribution is -0.117. The number of aliphatic hydroxyl groups excluding tert-OH is 1. The number of hydrogen-bond donors (Lipinski definition) is 1. The second kappa shape index (κ2) is 6.82. The van der Waals surface area contributed by atoms with E-state index in [4.69, 9.17) is 0 Å². The van der Waals surface area contributed by atoms with E-state index in [2.05, 4.69) is 0 Å². The van der Waals surface area contributed by atoms with Gasteiger partial charge in [-0.1, -0.05) is 12.8 Å². The van der Waals surface area contributed by atoms with E-state index >= 15 is 0 Å². The van der Waals surface area contributed by atoms with Gasteiger partial charge in [0.2, 0.25) is 15.9 Å². The lowest BCUT2D eigenvalue weighted by atomic mass is 9.93. The third-order valence-electron chi connectivity index (χ3n) is 5.06. The van der Waals surface area contributed by atoms with Crippen LogP contribution in [-0.2, 0) is 14.8 Å². The number of aliphatic hydroxyl groups is 1. The summed E-state index contributed by atoms with van der Waals surface area (Å²) in [4.78, 5) is 13.7. The first-order valence-corrected chi connectivity index (χ1v) is 9.92. The summed E-state index contributed by atoms with van der Waals surface area (Å²) in [5, 5.41) is 10.1. The van der Waals surface area contributed by atoms with E-state index < -0.39 is 16.1 Å². The number of benzene rings is 1.